The smallest absolute Gasteiger partial charge is 0.255 e. The van der Waals surface area contributed by atoms with E-state index in [0.717, 1.165) is 0 Å². The Balaban J connectivity index is 1.68. The molecule has 5 rings (SSSR count). The number of aliphatic hydroxyl groups excluding tert-OH is 2. The van der Waals surface area contributed by atoms with Gasteiger partial charge >= 0.3 is 0 Å². The van der Waals surface area contributed by atoms with Gasteiger partial charge in [0, 0.05) is 38.6 Å². The van der Waals surface area contributed by atoms with E-state index in [0.29, 0.717) is 43.7 Å². The predicted octanol–water partition coefficient (Wildman–Crippen LogP) is -0.804. The van der Waals surface area contributed by atoms with Gasteiger partial charge < -0.3 is 31.3 Å². The van der Waals surface area contributed by atoms with Gasteiger partial charge in [-0.2, -0.15) is 0 Å². The van der Waals surface area contributed by atoms with Gasteiger partial charge in [-0.3, -0.25) is 24.2 Å². The summed E-state index contributed by atoms with van der Waals surface area (Å²) in [6.07, 6.45) is -0.0694. The number of primary amides is 1. The van der Waals surface area contributed by atoms with E-state index in [1.807, 2.05) is 4.90 Å². The van der Waals surface area contributed by atoms with Crippen molar-refractivity contribution in [2.45, 2.75) is 18.1 Å². The predicted molar refractivity (Wildman–Crippen MR) is 126 cm³/mol. The first-order valence-corrected chi connectivity index (χ1v) is 11.7. The van der Waals surface area contributed by atoms with Crippen LogP contribution in [-0.2, 0) is 16.0 Å². The van der Waals surface area contributed by atoms with Crippen LogP contribution < -0.4 is 5.73 Å². The third-order valence-electron chi connectivity index (χ3n) is 7.71. The van der Waals surface area contributed by atoms with E-state index < -0.39 is 52.1 Å². The molecule has 0 radical (unpaired) electrons. The minimum atomic E-state index is -2.69. The summed E-state index contributed by atoms with van der Waals surface area (Å²) in [5, 5.41) is 53.7. The molecule has 36 heavy (non-hydrogen) atoms. The number of piperazine rings is 1. The number of rotatable bonds is 4. The van der Waals surface area contributed by atoms with Crippen molar-refractivity contribution in [1.82, 2.24) is 9.80 Å². The molecule has 1 heterocycles. The van der Waals surface area contributed by atoms with Gasteiger partial charge in [-0.15, -0.1) is 0 Å². The fourth-order valence-electron chi connectivity index (χ4n) is 5.96. The van der Waals surface area contributed by atoms with E-state index in [9.17, 15) is 39.9 Å². The van der Waals surface area contributed by atoms with Gasteiger partial charge in [0.15, 0.2) is 11.4 Å². The van der Waals surface area contributed by atoms with Crippen LogP contribution in [-0.4, -0.2) is 104 Å². The van der Waals surface area contributed by atoms with Crippen LogP contribution in [0.25, 0.3) is 10.8 Å². The highest BCUT2D eigenvalue weighted by Crippen LogP contribution is 2.49. The average Bonchev–Trinajstić information content (AvgIpc) is 2.82. The molecule has 11 heteroatoms. The summed E-state index contributed by atoms with van der Waals surface area (Å²) in [6.45, 7) is 2.16. The molecule has 0 aromatic heterocycles. The van der Waals surface area contributed by atoms with E-state index >= 15 is 0 Å². The second kappa shape index (κ2) is 8.56. The van der Waals surface area contributed by atoms with Crippen LogP contribution in [0, 0.1) is 5.92 Å². The number of ketones is 2. The van der Waals surface area contributed by atoms with Crippen LogP contribution in [0.4, 0.5) is 0 Å². The van der Waals surface area contributed by atoms with Crippen molar-refractivity contribution in [3.63, 3.8) is 0 Å². The van der Waals surface area contributed by atoms with E-state index in [1.165, 1.54) is 6.07 Å². The van der Waals surface area contributed by atoms with Gasteiger partial charge in [-0.25, -0.2) is 0 Å². The summed E-state index contributed by atoms with van der Waals surface area (Å²) in [5.41, 5.74) is 1.94. The van der Waals surface area contributed by atoms with Gasteiger partial charge in [0.25, 0.3) is 5.91 Å². The Labute approximate surface area is 205 Å². The van der Waals surface area contributed by atoms with Crippen molar-refractivity contribution in [2.75, 3.05) is 39.3 Å². The Morgan fingerprint density at radius 3 is 2.44 bits per heavy atom. The number of Topliss-reactive ketones (excluding diaryl/α,β-unsaturated/α-hetero) is 2. The number of fused-ring (bicyclic) bond motifs is 3. The van der Waals surface area contributed by atoms with E-state index in [1.54, 1.807) is 23.1 Å². The number of phenols is 2. The molecule has 2 aromatic carbocycles. The molecule has 0 bridgehead atoms. The molecule has 190 valence electrons. The lowest BCUT2D eigenvalue weighted by Crippen LogP contribution is -2.67. The minimum Gasteiger partial charge on any atom is -0.508 e. The topological polar surface area (TPSA) is 185 Å². The molecule has 0 saturated carbocycles. The summed E-state index contributed by atoms with van der Waals surface area (Å²) < 4.78 is 0. The third kappa shape index (κ3) is 3.31. The van der Waals surface area contributed by atoms with Crippen LogP contribution in [0.5, 0.6) is 11.5 Å². The number of amides is 1. The zero-order valence-electron chi connectivity index (χ0n) is 19.3. The maximum Gasteiger partial charge on any atom is 0.255 e. The van der Waals surface area contributed by atoms with E-state index in [-0.39, 0.29) is 29.7 Å². The highest BCUT2D eigenvalue weighted by atomic mass is 16.3. The molecule has 3 aliphatic rings. The van der Waals surface area contributed by atoms with Crippen LogP contribution in [0.1, 0.15) is 15.9 Å². The van der Waals surface area contributed by atoms with Crippen molar-refractivity contribution < 1.29 is 39.9 Å². The molecule has 3 atom stereocenters. The summed E-state index contributed by atoms with van der Waals surface area (Å²) in [5.74, 6) is -6.23. The fraction of sp³-hybridized carbons (Fsp3) is 0.400. The lowest BCUT2D eigenvalue weighted by molar-refractivity contribution is -0.134. The Kier molecular flexibility index (Phi) is 5.75. The molecule has 1 saturated heterocycles. The van der Waals surface area contributed by atoms with Gasteiger partial charge in [0.1, 0.15) is 22.8 Å². The maximum absolute atomic E-state index is 13.8. The zero-order valence-corrected chi connectivity index (χ0v) is 19.3. The van der Waals surface area contributed by atoms with Crippen LogP contribution in [0.15, 0.2) is 35.6 Å². The summed E-state index contributed by atoms with van der Waals surface area (Å²) in [4.78, 5) is 43.3. The molecular weight excluding hydrogens is 470 g/mol. The normalized spacial score (nSPS) is 27.3. The molecule has 0 unspecified atom stereocenters. The number of β-amino-alcohol motifs (C(OH)–C–C–N with tert-alkyl or cyclic N) is 1. The number of nitrogens with zero attached hydrogens (tertiary/aromatic N) is 2. The number of hydrogen-bond donors (Lipinski definition) is 6. The summed E-state index contributed by atoms with van der Waals surface area (Å²) >= 11 is 0. The van der Waals surface area contributed by atoms with Crippen molar-refractivity contribution in [3.05, 3.63) is 46.7 Å². The second-order valence-corrected chi connectivity index (χ2v) is 9.54. The summed E-state index contributed by atoms with van der Waals surface area (Å²) in [6, 6.07) is 5.04. The lowest BCUT2D eigenvalue weighted by atomic mass is 9.61. The number of phenolic OH excluding ortho intramolecular Hbond substituents is 2. The number of aliphatic hydroxyl groups is 3. The first-order chi connectivity index (χ1) is 17.1. The van der Waals surface area contributed by atoms with E-state index in [4.69, 9.17) is 5.73 Å². The number of carbonyl (C=O) groups is 3. The lowest BCUT2D eigenvalue weighted by Gasteiger charge is -2.50. The second-order valence-electron chi connectivity index (χ2n) is 9.54. The number of benzene rings is 2. The van der Waals surface area contributed by atoms with Crippen molar-refractivity contribution in [2.24, 2.45) is 11.7 Å². The highest BCUT2D eigenvalue weighted by molar-refractivity contribution is 6.25. The summed E-state index contributed by atoms with van der Waals surface area (Å²) in [7, 11) is 0. The van der Waals surface area contributed by atoms with Crippen LogP contribution in [0.2, 0.25) is 0 Å². The van der Waals surface area contributed by atoms with Gasteiger partial charge in [0.05, 0.1) is 23.6 Å². The maximum atomic E-state index is 13.8. The fourth-order valence-corrected chi connectivity index (χ4v) is 5.96. The first kappa shape index (κ1) is 24.2. The van der Waals surface area contributed by atoms with Gasteiger partial charge in [-0.1, -0.05) is 18.2 Å². The Morgan fingerprint density at radius 2 is 1.81 bits per heavy atom. The van der Waals surface area contributed by atoms with Crippen molar-refractivity contribution in [1.29, 1.82) is 0 Å². The molecular formula is C25H27N3O8. The van der Waals surface area contributed by atoms with Crippen LogP contribution in [0.3, 0.4) is 0 Å². The number of hydrogen-bond acceptors (Lipinski definition) is 10. The Hall–Kier alpha value is -3.51. The Morgan fingerprint density at radius 1 is 1.11 bits per heavy atom. The molecule has 2 aromatic rings. The third-order valence-corrected chi connectivity index (χ3v) is 7.71. The largest absolute Gasteiger partial charge is 0.508 e. The number of nitrogens with two attached hydrogens (primary N) is 1. The average molecular weight is 498 g/mol. The SMILES string of the molecule is NC(=O)C1=C(O)[C@@]2(O)C(=O)c3c(cc4cccc(O)c4c3O)C[C@H]2[C@@H](N2CCN(CCO)CC2)C1=O. The molecule has 11 nitrogen and oxygen atoms in total. The molecule has 1 amide bonds. The molecule has 2 aliphatic carbocycles. The number of aromatic hydroxyl groups is 2. The molecule has 7 N–H and O–H groups in total. The van der Waals surface area contributed by atoms with Crippen LogP contribution >= 0.6 is 0 Å². The minimum absolute atomic E-state index is 0.00804. The standard InChI is InChI=1S/C25H27N3O8/c26-24(35)18-21(32)19(28-6-4-27(5-7-28)8-9-29)14-11-13-10-12-2-1-3-15(30)16(12)20(31)17(13)22(33)25(14,36)23(18)34/h1-3,10,14,19,29-31,34,36H,4-9,11H2,(H2,26,35)/t14-,19+,25-/m0/s1. The molecule has 1 fully saturated rings. The number of carbonyl (C=O) groups excluding carboxylic acids is 3. The first-order valence-electron chi connectivity index (χ1n) is 11.7. The van der Waals surface area contributed by atoms with Gasteiger partial charge in [-0.05, 0) is 23.4 Å². The van der Waals surface area contributed by atoms with Crippen molar-refractivity contribution >= 4 is 28.2 Å². The van der Waals surface area contributed by atoms with Crippen molar-refractivity contribution in [3.8, 4) is 11.5 Å². The van der Waals surface area contributed by atoms with Gasteiger partial charge in [0.2, 0.25) is 5.78 Å². The Bertz CT molecular complexity index is 1330. The monoisotopic (exact) mass is 497 g/mol. The molecule has 1 aliphatic heterocycles. The molecule has 0 spiro atoms. The zero-order chi connectivity index (χ0) is 25.9. The quantitative estimate of drug-likeness (QED) is 0.292. The highest BCUT2D eigenvalue weighted by Gasteiger charge is 2.62. The van der Waals surface area contributed by atoms with E-state index in [2.05, 4.69) is 0 Å².